The molecule has 0 aliphatic heterocycles. The summed E-state index contributed by atoms with van der Waals surface area (Å²) in [5.74, 6) is -0.753. The van der Waals surface area contributed by atoms with Crippen molar-refractivity contribution in [2.75, 3.05) is 51.6 Å². The van der Waals surface area contributed by atoms with Gasteiger partial charge in [0.25, 0.3) is 5.69 Å². The molecule has 0 amide bonds. The molecule has 0 bridgehead atoms. The van der Waals surface area contributed by atoms with Crippen molar-refractivity contribution in [3.05, 3.63) is 64.5 Å². The number of nitro groups is 1. The molecule has 12 nitrogen and oxygen atoms in total. The first kappa shape index (κ1) is 26.4. The highest BCUT2D eigenvalue weighted by atomic mass is 16.6. The molecular weight excluding hydrogens is 490 g/mol. The molecule has 0 unspecified atom stereocenters. The summed E-state index contributed by atoms with van der Waals surface area (Å²) in [6.45, 7) is 1.27. The molecule has 0 radical (unpaired) electrons. The number of hydrogen-bond acceptors (Lipinski definition) is 9. The Bertz CT molecular complexity index is 1520. The Hall–Kier alpha value is -4.71. The van der Waals surface area contributed by atoms with E-state index in [0.717, 1.165) is 10.9 Å². The summed E-state index contributed by atoms with van der Waals surface area (Å²) in [6, 6.07) is 10.6. The lowest BCUT2D eigenvalue weighted by Gasteiger charge is -2.22. The number of fused-ring (bicyclic) bond motifs is 1. The molecule has 4 rings (SSSR count). The zero-order chi connectivity index (χ0) is 27.6. The molecule has 2 N–H and O–H groups in total. The van der Waals surface area contributed by atoms with Gasteiger partial charge in [-0.05, 0) is 20.2 Å². The van der Waals surface area contributed by atoms with Gasteiger partial charge >= 0.3 is 5.97 Å². The third kappa shape index (κ3) is 5.20. The molecule has 12 heteroatoms. The molecule has 2 aromatic heterocycles. The Labute approximate surface area is 219 Å². The molecule has 0 saturated carbocycles. The van der Waals surface area contributed by atoms with Crippen LogP contribution >= 0.6 is 0 Å². The third-order valence-electron chi connectivity index (χ3n) is 6.20. The van der Waals surface area contributed by atoms with E-state index >= 15 is 0 Å². The normalized spacial score (nSPS) is 11.1. The molecule has 0 aliphatic rings. The summed E-state index contributed by atoms with van der Waals surface area (Å²) < 4.78 is 7.42. The fourth-order valence-electron chi connectivity index (χ4n) is 4.20. The number of anilines is 3. The maximum Gasteiger partial charge on any atom is 0.339 e. The molecular formula is C26H29N7O5. The zero-order valence-corrected chi connectivity index (χ0v) is 21.8. The van der Waals surface area contributed by atoms with Crippen molar-refractivity contribution in [3.8, 4) is 17.0 Å². The number of likely N-dealkylation sites (N-methyl/N-ethyl adjacent to an activating group) is 2. The van der Waals surface area contributed by atoms with E-state index in [0.29, 0.717) is 30.1 Å². The van der Waals surface area contributed by atoms with E-state index in [9.17, 15) is 20.0 Å². The van der Waals surface area contributed by atoms with Gasteiger partial charge in [0.1, 0.15) is 17.0 Å². The number of aryl methyl sites for hydroxylation is 1. The van der Waals surface area contributed by atoms with E-state index in [4.69, 9.17) is 4.74 Å². The minimum Gasteiger partial charge on any atom is -0.494 e. The van der Waals surface area contributed by atoms with Crippen LogP contribution in [0.1, 0.15) is 10.4 Å². The number of para-hydroxylation sites is 1. The Balaban J connectivity index is 1.79. The highest BCUT2D eigenvalue weighted by Crippen LogP contribution is 2.39. The van der Waals surface area contributed by atoms with Crippen LogP contribution in [0.3, 0.4) is 0 Å². The number of ether oxygens (including phenoxy) is 1. The lowest BCUT2D eigenvalue weighted by molar-refractivity contribution is -0.384. The molecule has 4 aromatic rings. The fraction of sp³-hybridized carbons (Fsp3) is 0.269. The van der Waals surface area contributed by atoms with Gasteiger partial charge in [-0.25, -0.2) is 14.8 Å². The summed E-state index contributed by atoms with van der Waals surface area (Å²) in [7, 11) is 8.97. The molecule has 38 heavy (non-hydrogen) atoms. The molecule has 0 atom stereocenters. The van der Waals surface area contributed by atoms with Crippen LogP contribution in [0.4, 0.5) is 23.0 Å². The first-order valence-corrected chi connectivity index (χ1v) is 11.7. The quantitative estimate of drug-likeness (QED) is 0.233. The van der Waals surface area contributed by atoms with E-state index in [1.165, 1.54) is 19.4 Å². The standard InChI is InChI=1S/C26H29N7O5/c1-30(2)10-11-31(3)21-13-23(38-5)19(12-22(21)33(36)37)28-26-27-14-17(25(34)35)24(29-26)18-15-32(4)20-9-7-6-8-16(18)20/h6-9,12-15H,10-11H2,1-5H3,(H,34,35)(H,27,28,29). The van der Waals surface area contributed by atoms with Gasteiger partial charge in [0, 0.05) is 68.2 Å². The number of methoxy groups -OCH3 is 1. The predicted octanol–water partition coefficient (Wildman–Crippen LogP) is 3.99. The largest absolute Gasteiger partial charge is 0.494 e. The summed E-state index contributed by atoms with van der Waals surface area (Å²) in [5, 5.41) is 25.6. The van der Waals surface area contributed by atoms with Crippen LogP contribution in [0.25, 0.3) is 22.2 Å². The minimum absolute atomic E-state index is 0.0669. The first-order valence-electron chi connectivity index (χ1n) is 11.7. The van der Waals surface area contributed by atoms with Crippen LogP contribution in [0, 0.1) is 10.1 Å². The number of carbonyl (C=O) groups is 1. The minimum atomic E-state index is -1.17. The van der Waals surface area contributed by atoms with E-state index in [1.54, 1.807) is 18.0 Å². The van der Waals surface area contributed by atoms with Crippen molar-refractivity contribution >= 4 is 39.9 Å². The highest BCUT2D eigenvalue weighted by molar-refractivity contribution is 6.02. The second-order valence-corrected chi connectivity index (χ2v) is 9.08. The van der Waals surface area contributed by atoms with Gasteiger partial charge in [-0.3, -0.25) is 10.1 Å². The maximum atomic E-state index is 12.0. The van der Waals surface area contributed by atoms with Crippen molar-refractivity contribution in [2.24, 2.45) is 7.05 Å². The van der Waals surface area contributed by atoms with Crippen molar-refractivity contribution < 1.29 is 19.6 Å². The summed E-state index contributed by atoms with van der Waals surface area (Å²) >= 11 is 0. The predicted molar refractivity (Wildman–Crippen MR) is 146 cm³/mol. The Morgan fingerprint density at radius 1 is 1.21 bits per heavy atom. The smallest absolute Gasteiger partial charge is 0.339 e. The summed E-state index contributed by atoms with van der Waals surface area (Å²) in [4.78, 5) is 36.0. The number of hydrogen-bond donors (Lipinski definition) is 2. The van der Waals surface area contributed by atoms with Crippen LogP contribution in [-0.2, 0) is 7.05 Å². The lowest BCUT2D eigenvalue weighted by atomic mass is 10.1. The van der Waals surface area contributed by atoms with Gasteiger partial charge in [-0.1, -0.05) is 18.2 Å². The van der Waals surface area contributed by atoms with Crippen LogP contribution in [0.15, 0.2) is 48.8 Å². The van der Waals surface area contributed by atoms with E-state index in [2.05, 4.69) is 15.3 Å². The van der Waals surface area contributed by atoms with Crippen molar-refractivity contribution in [1.82, 2.24) is 19.4 Å². The average Bonchev–Trinajstić information content (AvgIpc) is 3.23. The number of aromatic nitrogens is 3. The lowest BCUT2D eigenvalue weighted by Crippen LogP contribution is -2.29. The Morgan fingerprint density at radius 2 is 1.95 bits per heavy atom. The highest BCUT2D eigenvalue weighted by Gasteiger charge is 2.24. The van der Waals surface area contributed by atoms with Crippen LogP contribution < -0.4 is 15.0 Å². The Morgan fingerprint density at radius 3 is 2.61 bits per heavy atom. The molecule has 198 valence electrons. The Kier molecular flexibility index (Phi) is 7.44. The second kappa shape index (κ2) is 10.7. The van der Waals surface area contributed by atoms with Crippen LogP contribution in [0.5, 0.6) is 5.75 Å². The van der Waals surface area contributed by atoms with Gasteiger partial charge in [0.2, 0.25) is 5.95 Å². The fourth-order valence-corrected chi connectivity index (χ4v) is 4.20. The van der Waals surface area contributed by atoms with Gasteiger partial charge < -0.3 is 29.5 Å². The molecule has 0 aliphatic carbocycles. The molecule has 0 fully saturated rings. The average molecular weight is 520 g/mol. The van der Waals surface area contributed by atoms with Crippen molar-refractivity contribution in [2.45, 2.75) is 0 Å². The molecule has 2 aromatic carbocycles. The number of nitro benzene ring substituents is 1. The summed E-state index contributed by atoms with van der Waals surface area (Å²) in [6.07, 6.45) is 3.03. The van der Waals surface area contributed by atoms with Crippen LogP contribution in [0.2, 0.25) is 0 Å². The van der Waals surface area contributed by atoms with E-state index in [-0.39, 0.29) is 28.6 Å². The number of nitrogens with one attached hydrogen (secondary N) is 1. The van der Waals surface area contributed by atoms with Crippen LogP contribution in [-0.4, -0.2) is 76.8 Å². The molecule has 2 heterocycles. The van der Waals surface area contributed by atoms with Crippen molar-refractivity contribution in [3.63, 3.8) is 0 Å². The van der Waals surface area contributed by atoms with Gasteiger partial charge in [0.15, 0.2) is 0 Å². The molecule has 0 saturated heterocycles. The third-order valence-corrected chi connectivity index (χ3v) is 6.20. The summed E-state index contributed by atoms with van der Waals surface area (Å²) in [5.41, 5.74) is 2.25. The second-order valence-electron chi connectivity index (χ2n) is 9.08. The number of nitrogens with zero attached hydrogens (tertiary/aromatic N) is 6. The number of aromatic carboxylic acids is 1. The number of carboxylic acid groups (broad SMARTS) is 1. The van der Waals surface area contributed by atoms with Gasteiger partial charge in [-0.2, -0.15) is 0 Å². The maximum absolute atomic E-state index is 12.0. The SMILES string of the molecule is COc1cc(N(C)CCN(C)C)c([N+](=O)[O-])cc1Nc1ncc(C(=O)O)c(-c2cn(C)c3ccccc23)n1. The first-order chi connectivity index (χ1) is 18.1. The topological polar surface area (TPSA) is 139 Å². The van der Waals surface area contributed by atoms with Crippen molar-refractivity contribution in [1.29, 1.82) is 0 Å². The zero-order valence-electron chi connectivity index (χ0n) is 21.8. The number of rotatable bonds is 10. The monoisotopic (exact) mass is 519 g/mol. The number of carboxylic acids is 1. The van der Waals surface area contributed by atoms with E-state index in [1.807, 2.05) is 61.1 Å². The van der Waals surface area contributed by atoms with E-state index < -0.39 is 10.9 Å². The van der Waals surface area contributed by atoms with Gasteiger partial charge in [-0.15, -0.1) is 0 Å². The molecule has 0 spiro atoms. The number of benzene rings is 2. The van der Waals surface area contributed by atoms with Gasteiger partial charge in [0.05, 0.1) is 23.4 Å².